The zero-order valence-corrected chi connectivity index (χ0v) is 12.8. The van der Waals surface area contributed by atoms with E-state index < -0.39 is 9.84 Å². The maximum atomic E-state index is 12.3. The van der Waals surface area contributed by atoms with E-state index in [4.69, 9.17) is 5.73 Å². The first-order valence-corrected chi connectivity index (χ1v) is 8.58. The predicted octanol–water partition coefficient (Wildman–Crippen LogP) is 1.29. The molecular weight excluding hydrogens is 276 g/mol. The molecule has 5 nitrogen and oxygen atoms in total. The maximum absolute atomic E-state index is 12.3. The Kier molecular flexibility index (Phi) is 6.16. The Balaban J connectivity index is 2.89. The Labute approximate surface area is 120 Å². The Morgan fingerprint density at radius 3 is 2.25 bits per heavy atom. The van der Waals surface area contributed by atoms with Gasteiger partial charge in [0.1, 0.15) is 0 Å². The molecule has 112 valence electrons. The van der Waals surface area contributed by atoms with Crippen LogP contribution < -0.4 is 5.73 Å². The second-order valence-corrected chi connectivity index (χ2v) is 6.75. The van der Waals surface area contributed by atoms with Gasteiger partial charge in [0, 0.05) is 31.5 Å². The van der Waals surface area contributed by atoms with Crippen LogP contribution in [0.1, 0.15) is 30.1 Å². The molecule has 0 radical (unpaired) electrons. The van der Waals surface area contributed by atoms with Crippen molar-refractivity contribution in [3.05, 3.63) is 29.8 Å². The molecule has 0 saturated heterocycles. The van der Waals surface area contributed by atoms with Crippen molar-refractivity contribution in [2.75, 3.05) is 25.9 Å². The fourth-order valence-electron chi connectivity index (χ4n) is 1.85. The van der Waals surface area contributed by atoms with E-state index in [0.717, 1.165) is 19.1 Å². The van der Waals surface area contributed by atoms with Gasteiger partial charge in [0.2, 0.25) is 0 Å². The lowest BCUT2D eigenvalue weighted by atomic mass is 10.2. The van der Waals surface area contributed by atoms with Gasteiger partial charge in [-0.05, 0) is 30.7 Å². The van der Waals surface area contributed by atoms with Crippen molar-refractivity contribution in [3.8, 4) is 0 Å². The molecule has 0 aliphatic heterocycles. The zero-order valence-electron chi connectivity index (χ0n) is 12.0. The number of nitrogens with zero attached hydrogens (tertiary/aromatic N) is 1. The number of hydrogen-bond donors (Lipinski definition) is 1. The van der Waals surface area contributed by atoms with E-state index >= 15 is 0 Å². The Morgan fingerprint density at radius 2 is 1.80 bits per heavy atom. The van der Waals surface area contributed by atoms with Gasteiger partial charge in [-0.2, -0.15) is 0 Å². The third-order valence-corrected chi connectivity index (χ3v) is 4.13. The first-order valence-electron chi connectivity index (χ1n) is 6.69. The van der Waals surface area contributed by atoms with Crippen LogP contribution in [0.15, 0.2) is 29.2 Å². The average molecular weight is 298 g/mol. The summed E-state index contributed by atoms with van der Waals surface area (Å²) in [6.45, 7) is 3.65. The third kappa shape index (κ3) is 4.61. The van der Waals surface area contributed by atoms with E-state index in [1.807, 2.05) is 0 Å². The summed E-state index contributed by atoms with van der Waals surface area (Å²) in [7, 11) is -3.23. The molecule has 0 spiro atoms. The van der Waals surface area contributed by atoms with Gasteiger partial charge in [-0.3, -0.25) is 4.79 Å². The molecule has 1 amide bonds. The number of nitrogens with two attached hydrogens (primary N) is 1. The normalized spacial score (nSPS) is 11.3. The van der Waals surface area contributed by atoms with Crippen LogP contribution in [-0.2, 0) is 9.84 Å². The Morgan fingerprint density at radius 1 is 1.20 bits per heavy atom. The van der Waals surface area contributed by atoms with E-state index in [1.165, 1.54) is 12.1 Å². The highest BCUT2D eigenvalue weighted by atomic mass is 32.2. The predicted molar refractivity (Wildman–Crippen MR) is 79.4 cm³/mol. The van der Waals surface area contributed by atoms with Gasteiger partial charge in [-0.1, -0.05) is 13.3 Å². The minimum Gasteiger partial charge on any atom is -0.337 e. The molecule has 0 aliphatic rings. The molecule has 1 rings (SSSR count). The minimum atomic E-state index is -3.23. The highest BCUT2D eigenvalue weighted by molar-refractivity contribution is 7.90. The molecule has 0 atom stereocenters. The minimum absolute atomic E-state index is 0.107. The SMILES string of the molecule is CCCCN(CCN)C(=O)c1ccc(S(C)(=O)=O)cc1. The van der Waals surface area contributed by atoms with E-state index in [2.05, 4.69) is 6.92 Å². The van der Waals surface area contributed by atoms with Crippen LogP contribution in [0.2, 0.25) is 0 Å². The van der Waals surface area contributed by atoms with Crippen molar-refractivity contribution in [1.29, 1.82) is 0 Å². The van der Waals surface area contributed by atoms with Crippen LogP contribution in [0.3, 0.4) is 0 Å². The van der Waals surface area contributed by atoms with Crippen molar-refractivity contribution >= 4 is 15.7 Å². The topological polar surface area (TPSA) is 80.5 Å². The van der Waals surface area contributed by atoms with Gasteiger partial charge in [-0.15, -0.1) is 0 Å². The van der Waals surface area contributed by atoms with E-state index in [9.17, 15) is 13.2 Å². The third-order valence-electron chi connectivity index (χ3n) is 3.00. The fourth-order valence-corrected chi connectivity index (χ4v) is 2.48. The van der Waals surface area contributed by atoms with Crippen molar-refractivity contribution in [2.24, 2.45) is 5.73 Å². The van der Waals surface area contributed by atoms with Gasteiger partial charge in [0.15, 0.2) is 9.84 Å². The number of amides is 1. The number of unbranched alkanes of at least 4 members (excludes halogenated alkanes) is 1. The van der Waals surface area contributed by atoms with Crippen molar-refractivity contribution in [3.63, 3.8) is 0 Å². The van der Waals surface area contributed by atoms with E-state index in [-0.39, 0.29) is 10.8 Å². The smallest absolute Gasteiger partial charge is 0.253 e. The van der Waals surface area contributed by atoms with Crippen molar-refractivity contribution < 1.29 is 13.2 Å². The zero-order chi connectivity index (χ0) is 15.2. The first-order chi connectivity index (χ1) is 9.40. The van der Waals surface area contributed by atoms with Crippen molar-refractivity contribution in [2.45, 2.75) is 24.7 Å². The second-order valence-electron chi connectivity index (χ2n) is 4.73. The van der Waals surface area contributed by atoms with Gasteiger partial charge in [0.05, 0.1) is 4.90 Å². The van der Waals surface area contributed by atoms with Gasteiger partial charge < -0.3 is 10.6 Å². The molecule has 20 heavy (non-hydrogen) atoms. The number of benzene rings is 1. The van der Waals surface area contributed by atoms with Crippen molar-refractivity contribution in [1.82, 2.24) is 4.90 Å². The fraction of sp³-hybridized carbons (Fsp3) is 0.500. The number of rotatable bonds is 7. The number of sulfone groups is 1. The van der Waals surface area contributed by atoms with Crippen LogP contribution >= 0.6 is 0 Å². The molecule has 0 fully saturated rings. The Hall–Kier alpha value is -1.40. The van der Waals surface area contributed by atoms with Gasteiger partial charge >= 0.3 is 0 Å². The molecule has 1 aromatic carbocycles. The standard InChI is InChI=1S/C14H22N2O3S/c1-3-4-10-16(11-9-15)14(17)12-5-7-13(8-6-12)20(2,18)19/h5-8H,3-4,9-11,15H2,1-2H3. The molecule has 2 N–H and O–H groups in total. The molecule has 0 heterocycles. The van der Waals surface area contributed by atoms with Crippen LogP contribution in [0.5, 0.6) is 0 Å². The molecule has 0 saturated carbocycles. The molecule has 0 bridgehead atoms. The summed E-state index contributed by atoms with van der Waals surface area (Å²) in [6.07, 6.45) is 3.07. The summed E-state index contributed by atoms with van der Waals surface area (Å²) >= 11 is 0. The lowest BCUT2D eigenvalue weighted by molar-refractivity contribution is 0.0758. The first kappa shape index (κ1) is 16.7. The highest BCUT2D eigenvalue weighted by Gasteiger charge is 2.15. The summed E-state index contributed by atoms with van der Waals surface area (Å²) in [5.41, 5.74) is 6.01. The Bertz CT molecular complexity index is 538. The van der Waals surface area contributed by atoms with Gasteiger partial charge in [-0.25, -0.2) is 8.42 Å². The summed E-state index contributed by atoms with van der Waals surface area (Å²) < 4.78 is 22.8. The van der Waals surface area contributed by atoms with E-state index in [1.54, 1.807) is 17.0 Å². The quantitative estimate of drug-likeness (QED) is 0.822. The molecule has 0 unspecified atom stereocenters. The van der Waals surface area contributed by atoms with Gasteiger partial charge in [0.25, 0.3) is 5.91 Å². The lowest BCUT2D eigenvalue weighted by Gasteiger charge is -2.22. The molecule has 0 aromatic heterocycles. The summed E-state index contributed by atoms with van der Waals surface area (Å²) in [4.78, 5) is 14.2. The highest BCUT2D eigenvalue weighted by Crippen LogP contribution is 2.12. The number of hydrogen-bond acceptors (Lipinski definition) is 4. The maximum Gasteiger partial charge on any atom is 0.253 e. The summed E-state index contributed by atoms with van der Waals surface area (Å²) in [5.74, 6) is -0.107. The molecular formula is C14H22N2O3S. The molecule has 0 aliphatic carbocycles. The second kappa shape index (κ2) is 7.40. The van der Waals surface area contributed by atoms with Crippen LogP contribution in [0, 0.1) is 0 Å². The number of carbonyl (C=O) groups excluding carboxylic acids is 1. The van der Waals surface area contributed by atoms with Crippen LogP contribution in [0.4, 0.5) is 0 Å². The molecule has 6 heteroatoms. The molecule has 1 aromatic rings. The summed E-state index contributed by atoms with van der Waals surface area (Å²) in [6, 6.07) is 6.02. The van der Waals surface area contributed by atoms with Crippen LogP contribution in [-0.4, -0.2) is 45.1 Å². The lowest BCUT2D eigenvalue weighted by Crippen LogP contribution is -2.36. The number of carbonyl (C=O) groups is 1. The largest absolute Gasteiger partial charge is 0.337 e. The van der Waals surface area contributed by atoms with E-state index in [0.29, 0.717) is 25.2 Å². The van der Waals surface area contributed by atoms with Crippen LogP contribution in [0.25, 0.3) is 0 Å². The average Bonchev–Trinajstić information content (AvgIpc) is 2.42. The summed E-state index contributed by atoms with van der Waals surface area (Å²) in [5, 5.41) is 0. The monoisotopic (exact) mass is 298 g/mol.